The van der Waals surface area contributed by atoms with E-state index in [9.17, 15) is 5.11 Å². The molecular weight excluding hydrogens is 234 g/mol. The number of rotatable bonds is 4. The summed E-state index contributed by atoms with van der Waals surface area (Å²) in [5, 5.41) is 13.6. The molecule has 1 aromatic rings. The fourth-order valence-electron chi connectivity index (χ4n) is 1.69. The van der Waals surface area contributed by atoms with Crippen molar-refractivity contribution in [2.75, 3.05) is 18.6 Å². The first-order valence-electron chi connectivity index (χ1n) is 5.39. The molecule has 0 spiro atoms. The van der Waals surface area contributed by atoms with Gasteiger partial charge in [-0.1, -0.05) is 18.2 Å². The SMILES string of the molecule is CN(CC(C)(C)O)N(C(N)=S)c1ccccc1. The second kappa shape index (κ2) is 5.44. The van der Waals surface area contributed by atoms with Gasteiger partial charge in [-0.3, -0.25) is 0 Å². The molecule has 0 aliphatic carbocycles. The van der Waals surface area contributed by atoms with Gasteiger partial charge in [0, 0.05) is 13.6 Å². The van der Waals surface area contributed by atoms with Gasteiger partial charge in [0.1, 0.15) is 0 Å². The molecule has 0 aliphatic heterocycles. The highest BCUT2D eigenvalue weighted by Gasteiger charge is 2.22. The summed E-state index contributed by atoms with van der Waals surface area (Å²) in [6.45, 7) is 3.91. The second-order valence-electron chi connectivity index (χ2n) is 4.61. The quantitative estimate of drug-likeness (QED) is 0.627. The van der Waals surface area contributed by atoms with Crippen LogP contribution in [0.25, 0.3) is 0 Å². The van der Waals surface area contributed by atoms with E-state index < -0.39 is 5.60 Å². The van der Waals surface area contributed by atoms with Crippen LogP contribution >= 0.6 is 12.2 Å². The van der Waals surface area contributed by atoms with E-state index in [2.05, 4.69) is 0 Å². The van der Waals surface area contributed by atoms with Gasteiger partial charge in [0.25, 0.3) is 0 Å². The van der Waals surface area contributed by atoms with Crippen molar-refractivity contribution in [2.24, 2.45) is 5.73 Å². The number of nitrogens with zero attached hydrogens (tertiary/aromatic N) is 2. The van der Waals surface area contributed by atoms with Crippen LogP contribution < -0.4 is 10.7 Å². The minimum Gasteiger partial charge on any atom is -0.389 e. The monoisotopic (exact) mass is 253 g/mol. The Hall–Kier alpha value is -1.17. The first kappa shape index (κ1) is 13.9. The van der Waals surface area contributed by atoms with Crippen LogP contribution in [0.1, 0.15) is 13.8 Å². The number of benzene rings is 1. The van der Waals surface area contributed by atoms with Crippen molar-refractivity contribution in [1.29, 1.82) is 0 Å². The number of hydrogen-bond donors (Lipinski definition) is 2. The molecule has 94 valence electrons. The largest absolute Gasteiger partial charge is 0.389 e. The molecule has 0 aromatic heterocycles. The van der Waals surface area contributed by atoms with Crippen molar-refractivity contribution in [2.45, 2.75) is 19.4 Å². The highest BCUT2D eigenvalue weighted by atomic mass is 32.1. The molecule has 0 radical (unpaired) electrons. The highest BCUT2D eigenvalue weighted by Crippen LogP contribution is 2.16. The van der Waals surface area contributed by atoms with Crippen LogP contribution in [-0.4, -0.2) is 34.4 Å². The van der Waals surface area contributed by atoms with E-state index in [0.717, 1.165) is 5.69 Å². The van der Waals surface area contributed by atoms with Crippen LogP contribution in [0.2, 0.25) is 0 Å². The Labute approximate surface area is 108 Å². The summed E-state index contributed by atoms with van der Waals surface area (Å²) in [5.41, 5.74) is 5.79. The predicted molar refractivity (Wildman–Crippen MR) is 74.6 cm³/mol. The molecule has 0 aliphatic rings. The van der Waals surface area contributed by atoms with E-state index in [4.69, 9.17) is 18.0 Å². The molecule has 1 rings (SSSR count). The molecule has 0 atom stereocenters. The standard InChI is InChI=1S/C12H19N3OS/c1-12(2,16)9-14(3)15(11(13)17)10-7-5-4-6-8-10/h4-8,16H,9H2,1-3H3,(H2,13,17). The van der Waals surface area contributed by atoms with Crippen molar-refractivity contribution >= 4 is 23.0 Å². The topological polar surface area (TPSA) is 52.7 Å². The normalized spacial score (nSPS) is 11.6. The van der Waals surface area contributed by atoms with Gasteiger partial charge < -0.3 is 10.8 Å². The summed E-state index contributed by atoms with van der Waals surface area (Å²) in [6, 6.07) is 9.59. The number of hydrazine groups is 1. The van der Waals surface area contributed by atoms with Gasteiger partial charge in [-0.15, -0.1) is 0 Å². The third-order valence-electron chi connectivity index (χ3n) is 2.17. The zero-order chi connectivity index (χ0) is 13.1. The van der Waals surface area contributed by atoms with Gasteiger partial charge in [0.15, 0.2) is 5.11 Å². The van der Waals surface area contributed by atoms with Gasteiger partial charge in [0.2, 0.25) is 0 Å². The molecule has 0 bridgehead atoms. The smallest absolute Gasteiger partial charge is 0.185 e. The minimum atomic E-state index is -0.813. The fraction of sp³-hybridized carbons (Fsp3) is 0.417. The van der Waals surface area contributed by atoms with Crippen molar-refractivity contribution < 1.29 is 5.11 Å². The van der Waals surface area contributed by atoms with Crippen molar-refractivity contribution in [3.05, 3.63) is 30.3 Å². The van der Waals surface area contributed by atoms with Gasteiger partial charge in [-0.05, 0) is 38.2 Å². The number of nitrogens with two attached hydrogens (primary N) is 1. The van der Waals surface area contributed by atoms with Gasteiger partial charge in [-0.25, -0.2) is 10.0 Å². The maximum atomic E-state index is 9.81. The summed E-state index contributed by atoms with van der Waals surface area (Å²) in [4.78, 5) is 0. The van der Waals surface area contributed by atoms with Gasteiger partial charge in [0.05, 0.1) is 11.3 Å². The first-order valence-corrected chi connectivity index (χ1v) is 5.80. The Balaban J connectivity index is 2.91. The van der Waals surface area contributed by atoms with Crippen molar-refractivity contribution in [3.8, 4) is 0 Å². The first-order chi connectivity index (χ1) is 7.81. The average Bonchev–Trinajstić information content (AvgIpc) is 2.15. The Kier molecular flexibility index (Phi) is 4.45. The van der Waals surface area contributed by atoms with Gasteiger partial charge in [-0.2, -0.15) is 0 Å². The van der Waals surface area contributed by atoms with E-state index in [-0.39, 0.29) is 5.11 Å². The molecular formula is C12H19N3OS. The third-order valence-corrected chi connectivity index (χ3v) is 2.34. The number of hydrogen-bond acceptors (Lipinski definition) is 3. The van der Waals surface area contributed by atoms with E-state index >= 15 is 0 Å². The zero-order valence-corrected chi connectivity index (χ0v) is 11.2. The van der Waals surface area contributed by atoms with Gasteiger partial charge >= 0.3 is 0 Å². The average molecular weight is 253 g/mol. The molecule has 1 aromatic carbocycles. The lowest BCUT2D eigenvalue weighted by atomic mass is 10.1. The fourth-order valence-corrected chi connectivity index (χ4v) is 1.94. The Bertz CT molecular complexity index is 375. The summed E-state index contributed by atoms with van der Waals surface area (Å²) in [7, 11) is 1.84. The molecule has 0 fully saturated rings. The molecule has 5 heteroatoms. The summed E-state index contributed by atoms with van der Waals surface area (Å²) >= 11 is 5.04. The number of para-hydroxylation sites is 1. The maximum Gasteiger partial charge on any atom is 0.185 e. The number of anilines is 1. The Morgan fingerprint density at radius 2 is 1.88 bits per heavy atom. The minimum absolute atomic E-state index is 0.253. The lowest BCUT2D eigenvalue weighted by Crippen LogP contribution is -2.51. The molecule has 4 nitrogen and oxygen atoms in total. The molecule has 0 unspecified atom stereocenters. The van der Waals surface area contributed by atoms with Crippen LogP contribution in [0, 0.1) is 0 Å². The van der Waals surface area contributed by atoms with Crippen molar-refractivity contribution in [3.63, 3.8) is 0 Å². The third kappa shape index (κ3) is 4.30. The highest BCUT2D eigenvalue weighted by molar-refractivity contribution is 7.80. The molecule has 3 N–H and O–H groups in total. The van der Waals surface area contributed by atoms with E-state index in [0.29, 0.717) is 6.54 Å². The number of thiocarbonyl (C=S) groups is 1. The van der Waals surface area contributed by atoms with Crippen LogP contribution in [-0.2, 0) is 0 Å². The number of likely N-dealkylation sites (N-methyl/N-ethyl adjacent to an activating group) is 1. The van der Waals surface area contributed by atoms with E-state index in [1.807, 2.05) is 37.4 Å². The second-order valence-corrected chi connectivity index (χ2v) is 5.03. The van der Waals surface area contributed by atoms with Crippen LogP contribution in [0.5, 0.6) is 0 Å². The summed E-state index contributed by atoms with van der Waals surface area (Å²) in [6.07, 6.45) is 0. The number of aliphatic hydroxyl groups is 1. The van der Waals surface area contributed by atoms with Crippen molar-refractivity contribution in [1.82, 2.24) is 5.01 Å². The lowest BCUT2D eigenvalue weighted by molar-refractivity contribution is 0.0456. The summed E-state index contributed by atoms with van der Waals surface area (Å²) in [5.74, 6) is 0. The van der Waals surface area contributed by atoms with Crippen LogP contribution in [0.3, 0.4) is 0 Å². The Morgan fingerprint density at radius 1 is 1.35 bits per heavy atom. The maximum absolute atomic E-state index is 9.81. The molecule has 0 heterocycles. The lowest BCUT2D eigenvalue weighted by Gasteiger charge is -2.35. The summed E-state index contributed by atoms with van der Waals surface area (Å²) < 4.78 is 0. The molecule has 0 saturated heterocycles. The van der Waals surface area contributed by atoms with E-state index in [1.54, 1.807) is 23.9 Å². The van der Waals surface area contributed by atoms with Crippen LogP contribution in [0.4, 0.5) is 5.69 Å². The predicted octanol–water partition coefficient (Wildman–Crippen LogP) is 1.35. The molecule has 17 heavy (non-hydrogen) atoms. The van der Waals surface area contributed by atoms with E-state index in [1.165, 1.54) is 0 Å². The molecule has 0 saturated carbocycles. The Morgan fingerprint density at radius 3 is 2.29 bits per heavy atom. The zero-order valence-electron chi connectivity index (χ0n) is 10.4. The van der Waals surface area contributed by atoms with Crippen LogP contribution in [0.15, 0.2) is 30.3 Å². The molecule has 0 amide bonds.